The molecule has 0 N–H and O–H groups in total. The molecule has 0 aliphatic rings. The van der Waals surface area contributed by atoms with Gasteiger partial charge in [-0.2, -0.15) is 0 Å². The Hall–Kier alpha value is -1.96. The smallest absolute Gasteiger partial charge is 0.118 e. The lowest BCUT2D eigenvalue weighted by Crippen LogP contribution is -2.10. The second-order valence-electron chi connectivity index (χ2n) is 6.91. The highest BCUT2D eigenvalue weighted by molar-refractivity contribution is 5.31. The van der Waals surface area contributed by atoms with Crippen LogP contribution < -0.4 is 9.47 Å². The molecule has 0 aromatic heterocycles. The van der Waals surface area contributed by atoms with E-state index in [4.69, 9.17) is 9.47 Å². The molecule has 0 spiro atoms. The summed E-state index contributed by atoms with van der Waals surface area (Å²) in [6.07, 6.45) is 0. The highest BCUT2D eigenvalue weighted by atomic mass is 16.5. The van der Waals surface area contributed by atoms with Gasteiger partial charge in [0.25, 0.3) is 0 Å². The van der Waals surface area contributed by atoms with Gasteiger partial charge in [0.15, 0.2) is 0 Å². The van der Waals surface area contributed by atoms with Crippen molar-refractivity contribution in [3.63, 3.8) is 0 Å². The van der Waals surface area contributed by atoms with Crippen molar-refractivity contribution in [1.29, 1.82) is 0 Å². The summed E-state index contributed by atoms with van der Waals surface area (Å²) < 4.78 is 10.1. The number of ether oxygens (including phenoxy) is 2. The predicted molar refractivity (Wildman–Crippen MR) is 98.8 cm³/mol. The van der Waals surface area contributed by atoms with E-state index in [0.29, 0.717) is 5.92 Å². The number of hydrogen-bond donors (Lipinski definition) is 0. The summed E-state index contributed by atoms with van der Waals surface area (Å²) >= 11 is 0. The summed E-state index contributed by atoms with van der Waals surface area (Å²) in [7, 11) is 3.37. The Balaban J connectivity index is 0.000000231. The molecule has 0 fully saturated rings. The van der Waals surface area contributed by atoms with Crippen LogP contribution in [0.4, 0.5) is 0 Å². The Morgan fingerprint density at radius 2 is 1.09 bits per heavy atom. The first-order valence-electron chi connectivity index (χ1n) is 8.06. The highest BCUT2D eigenvalue weighted by Crippen LogP contribution is 2.23. The van der Waals surface area contributed by atoms with Gasteiger partial charge < -0.3 is 9.47 Å². The zero-order valence-corrected chi connectivity index (χ0v) is 15.5. The normalized spacial score (nSPS) is 10.8. The van der Waals surface area contributed by atoms with Crippen LogP contribution in [-0.2, 0) is 5.41 Å². The molecule has 0 saturated heterocycles. The van der Waals surface area contributed by atoms with E-state index in [0.717, 1.165) is 11.5 Å². The van der Waals surface area contributed by atoms with Crippen LogP contribution in [-0.4, -0.2) is 14.2 Å². The van der Waals surface area contributed by atoms with E-state index in [1.54, 1.807) is 14.2 Å². The van der Waals surface area contributed by atoms with E-state index in [9.17, 15) is 0 Å². The van der Waals surface area contributed by atoms with Gasteiger partial charge in [-0.25, -0.2) is 0 Å². The number of benzene rings is 2. The molecule has 126 valence electrons. The third-order valence-corrected chi connectivity index (χ3v) is 3.74. The van der Waals surface area contributed by atoms with E-state index >= 15 is 0 Å². The van der Waals surface area contributed by atoms with Crippen molar-refractivity contribution >= 4 is 0 Å². The van der Waals surface area contributed by atoms with Gasteiger partial charge in [0, 0.05) is 0 Å². The van der Waals surface area contributed by atoms with Crippen LogP contribution in [0.25, 0.3) is 0 Å². The van der Waals surface area contributed by atoms with Crippen LogP contribution in [0.15, 0.2) is 48.5 Å². The second kappa shape index (κ2) is 8.61. The fraction of sp³-hybridized carbons (Fsp3) is 0.429. The summed E-state index contributed by atoms with van der Waals surface area (Å²) in [4.78, 5) is 0. The first-order chi connectivity index (χ1) is 10.8. The SMILES string of the molecule is COc1ccc(C(C)(C)C)cc1.COc1ccc(C(C)C)cc1. The molecule has 2 aromatic rings. The van der Waals surface area contributed by atoms with Crippen molar-refractivity contribution in [1.82, 2.24) is 0 Å². The molecule has 0 aliphatic heterocycles. The molecule has 2 nitrogen and oxygen atoms in total. The molecule has 0 atom stereocenters. The molecule has 2 rings (SSSR count). The zero-order valence-electron chi connectivity index (χ0n) is 15.5. The van der Waals surface area contributed by atoms with Crippen molar-refractivity contribution in [2.24, 2.45) is 0 Å². The van der Waals surface area contributed by atoms with Crippen molar-refractivity contribution in [2.45, 2.75) is 46.0 Å². The Bertz CT molecular complexity index is 560. The minimum absolute atomic E-state index is 0.228. The van der Waals surface area contributed by atoms with Crippen LogP contribution in [0, 0.1) is 0 Å². The first-order valence-corrected chi connectivity index (χ1v) is 8.06. The molecular weight excluding hydrogens is 284 g/mol. The number of hydrogen-bond acceptors (Lipinski definition) is 2. The van der Waals surface area contributed by atoms with Crippen LogP contribution in [0.3, 0.4) is 0 Å². The summed E-state index contributed by atoms with van der Waals surface area (Å²) in [5.41, 5.74) is 2.92. The lowest BCUT2D eigenvalue weighted by Gasteiger charge is -2.18. The minimum atomic E-state index is 0.228. The topological polar surface area (TPSA) is 18.5 Å². The number of rotatable bonds is 3. The van der Waals surface area contributed by atoms with Gasteiger partial charge in [0.1, 0.15) is 11.5 Å². The minimum Gasteiger partial charge on any atom is -0.497 e. The Morgan fingerprint density at radius 3 is 1.39 bits per heavy atom. The van der Waals surface area contributed by atoms with Crippen LogP contribution in [0.5, 0.6) is 11.5 Å². The van der Waals surface area contributed by atoms with Gasteiger partial charge in [-0.15, -0.1) is 0 Å². The quantitative estimate of drug-likeness (QED) is 0.711. The molecule has 0 bridgehead atoms. The van der Waals surface area contributed by atoms with Crippen LogP contribution in [0.2, 0.25) is 0 Å². The molecule has 0 aliphatic carbocycles. The summed E-state index contributed by atoms with van der Waals surface area (Å²) in [5, 5.41) is 0. The standard InChI is InChI=1S/C11H16O.C10H14O/c1-11(2,3)9-5-7-10(12-4)8-6-9;1-8(2)9-4-6-10(11-3)7-5-9/h5-8H,1-4H3;4-8H,1-3H3. The van der Waals surface area contributed by atoms with Gasteiger partial charge in [-0.05, 0) is 46.7 Å². The van der Waals surface area contributed by atoms with E-state index in [2.05, 4.69) is 58.9 Å². The molecule has 0 amide bonds. The fourth-order valence-corrected chi connectivity index (χ4v) is 2.08. The number of methoxy groups -OCH3 is 2. The molecule has 0 heterocycles. The van der Waals surface area contributed by atoms with Crippen molar-refractivity contribution in [3.05, 3.63) is 59.7 Å². The molecule has 0 saturated carbocycles. The van der Waals surface area contributed by atoms with E-state index in [-0.39, 0.29) is 5.41 Å². The Labute approximate surface area is 141 Å². The summed E-state index contributed by atoms with van der Waals surface area (Å²) in [6.45, 7) is 11.0. The van der Waals surface area contributed by atoms with Crippen LogP contribution >= 0.6 is 0 Å². The largest absolute Gasteiger partial charge is 0.497 e. The molecule has 0 radical (unpaired) electrons. The molecule has 2 heteroatoms. The van der Waals surface area contributed by atoms with Gasteiger partial charge in [-0.3, -0.25) is 0 Å². The van der Waals surface area contributed by atoms with Gasteiger partial charge in [0.05, 0.1) is 14.2 Å². The van der Waals surface area contributed by atoms with Crippen LogP contribution in [0.1, 0.15) is 51.7 Å². The van der Waals surface area contributed by atoms with Crippen molar-refractivity contribution in [2.75, 3.05) is 14.2 Å². The lowest BCUT2D eigenvalue weighted by atomic mass is 9.87. The molecule has 0 unspecified atom stereocenters. The second-order valence-corrected chi connectivity index (χ2v) is 6.91. The third kappa shape index (κ3) is 6.35. The average Bonchev–Trinajstić information content (AvgIpc) is 2.54. The van der Waals surface area contributed by atoms with E-state index < -0.39 is 0 Å². The summed E-state index contributed by atoms with van der Waals surface area (Å²) in [5.74, 6) is 2.44. The molecule has 2 aromatic carbocycles. The fourth-order valence-electron chi connectivity index (χ4n) is 2.08. The lowest BCUT2D eigenvalue weighted by molar-refractivity contribution is 0.414. The van der Waals surface area contributed by atoms with Gasteiger partial charge in [-0.1, -0.05) is 58.9 Å². The van der Waals surface area contributed by atoms with E-state index in [1.807, 2.05) is 24.3 Å². The van der Waals surface area contributed by atoms with E-state index in [1.165, 1.54) is 11.1 Å². The van der Waals surface area contributed by atoms with Gasteiger partial charge in [0.2, 0.25) is 0 Å². The Kier molecular flexibility index (Phi) is 7.15. The average molecular weight is 314 g/mol. The first kappa shape index (κ1) is 19.1. The maximum Gasteiger partial charge on any atom is 0.118 e. The summed E-state index contributed by atoms with van der Waals surface area (Å²) in [6, 6.07) is 16.4. The maximum atomic E-state index is 5.08. The zero-order chi connectivity index (χ0) is 17.5. The maximum absolute atomic E-state index is 5.08. The monoisotopic (exact) mass is 314 g/mol. The third-order valence-electron chi connectivity index (χ3n) is 3.74. The van der Waals surface area contributed by atoms with Crippen molar-refractivity contribution < 1.29 is 9.47 Å². The molecule has 23 heavy (non-hydrogen) atoms. The Morgan fingerprint density at radius 1 is 0.696 bits per heavy atom. The molecular formula is C21H30O2. The highest BCUT2D eigenvalue weighted by Gasteiger charge is 2.12. The van der Waals surface area contributed by atoms with Crippen molar-refractivity contribution in [3.8, 4) is 11.5 Å². The predicted octanol–water partition coefficient (Wildman–Crippen LogP) is 5.81. The van der Waals surface area contributed by atoms with Gasteiger partial charge >= 0.3 is 0 Å².